The summed E-state index contributed by atoms with van der Waals surface area (Å²) in [5.41, 5.74) is 1.24. The number of thiophene rings is 1. The second kappa shape index (κ2) is 7.49. The second-order valence-electron chi connectivity index (χ2n) is 6.71. The van der Waals surface area contributed by atoms with Crippen molar-refractivity contribution >= 4 is 17.2 Å². The number of hydrogen-bond donors (Lipinski definition) is 0. The summed E-state index contributed by atoms with van der Waals surface area (Å²) in [6.45, 7) is 7.67. The van der Waals surface area contributed by atoms with Gasteiger partial charge in [-0.25, -0.2) is 4.98 Å². The minimum Gasteiger partial charge on any atom is -0.340 e. The molecule has 3 heterocycles. The minimum atomic E-state index is 0.226. The normalized spacial score (nSPS) is 15.0. The molecule has 0 fully saturated rings. The van der Waals surface area contributed by atoms with Crippen molar-refractivity contribution < 1.29 is 4.79 Å². The lowest BCUT2D eigenvalue weighted by atomic mass is 10.3. The molecule has 6 heteroatoms. The number of amides is 1. The average Bonchev–Trinajstić information content (AvgIpc) is 3.13. The number of nitrogens with zero attached hydrogens (tertiary/aromatic N) is 4. The number of imidazole rings is 1. The summed E-state index contributed by atoms with van der Waals surface area (Å²) in [5, 5.41) is 2.03. The van der Waals surface area contributed by atoms with Crippen molar-refractivity contribution in [3.63, 3.8) is 0 Å². The zero-order valence-corrected chi connectivity index (χ0v) is 15.6. The molecule has 0 saturated heterocycles. The van der Waals surface area contributed by atoms with Gasteiger partial charge in [-0.05, 0) is 32.3 Å². The Bertz CT molecular complexity index is 677. The van der Waals surface area contributed by atoms with Gasteiger partial charge in [0.15, 0.2) is 0 Å². The van der Waals surface area contributed by atoms with Crippen LogP contribution in [0.1, 0.15) is 30.2 Å². The first-order chi connectivity index (χ1) is 11.5. The molecule has 0 saturated carbocycles. The Labute approximate surface area is 147 Å². The van der Waals surface area contributed by atoms with E-state index in [1.54, 1.807) is 11.3 Å². The maximum Gasteiger partial charge on any atom is 0.227 e. The van der Waals surface area contributed by atoms with Crippen LogP contribution in [0, 0.1) is 0 Å². The van der Waals surface area contributed by atoms with Crippen LogP contribution in [0.3, 0.4) is 0 Å². The maximum atomic E-state index is 12.5. The highest BCUT2D eigenvalue weighted by atomic mass is 32.1. The molecule has 1 aliphatic rings. The van der Waals surface area contributed by atoms with E-state index in [0.717, 1.165) is 43.3 Å². The Balaban J connectivity index is 1.64. The standard InChI is InChI=1S/C18H26N4OS/c1-14(2)20(3)13-15-12-19-17-6-7-21(8-9-22(15)17)18(23)11-16-5-4-10-24-16/h4-5,10,12,14H,6-9,11,13H2,1-3H3. The highest BCUT2D eigenvalue weighted by Gasteiger charge is 2.21. The molecule has 0 unspecified atom stereocenters. The van der Waals surface area contributed by atoms with Crippen LogP contribution in [0.15, 0.2) is 23.7 Å². The van der Waals surface area contributed by atoms with Gasteiger partial charge >= 0.3 is 0 Å². The largest absolute Gasteiger partial charge is 0.340 e. The van der Waals surface area contributed by atoms with Crippen molar-refractivity contribution in [2.24, 2.45) is 0 Å². The molecular weight excluding hydrogens is 320 g/mol. The number of carbonyl (C=O) groups is 1. The molecule has 0 bridgehead atoms. The van der Waals surface area contributed by atoms with Crippen molar-refractivity contribution in [3.8, 4) is 0 Å². The Kier molecular flexibility index (Phi) is 5.36. The SMILES string of the molecule is CC(C)N(C)Cc1cnc2n1CCN(C(=O)Cc1cccs1)CC2. The molecule has 2 aromatic rings. The summed E-state index contributed by atoms with van der Waals surface area (Å²) < 4.78 is 2.30. The van der Waals surface area contributed by atoms with Crippen molar-refractivity contribution in [1.29, 1.82) is 0 Å². The molecule has 24 heavy (non-hydrogen) atoms. The van der Waals surface area contributed by atoms with Crippen LogP contribution >= 0.6 is 11.3 Å². The van der Waals surface area contributed by atoms with Crippen molar-refractivity contribution in [1.82, 2.24) is 19.4 Å². The van der Waals surface area contributed by atoms with Gasteiger partial charge in [-0.3, -0.25) is 9.69 Å². The first-order valence-electron chi connectivity index (χ1n) is 8.58. The van der Waals surface area contributed by atoms with Gasteiger partial charge in [0.1, 0.15) is 5.82 Å². The van der Waals surface area contributed by atoms with Crippen LogP contribution in [0.25, 0.3) is 0 Å². The third-order valence-electron chi connectivity index (χ3n) is 4.77. The Morgan fingerprint density at radius 2 is 2.21 bits per heavy atom. The summed E-state index contributed by atoms with van der Waals surface area (Å²) >= 11 is 1.65. The van der Waals surface area contributed by atoms with E-state index in [0.29, 0.717) is 12.5 Å². The summed E-state index contributed by atoms with van der Waals surface area (Å²) in [5.74, 6) is 1.33. The quantitative estimate of drug-likeness (QED) is 0.835. The molecule has 5 nitrogen and oxygen atoms in total. The van der Waals surface area contributed by atoms with Gasteiger partial charge in [-0.15, -0.1) is 11.3 Å². The summed E-state index contributed by atoms with van der Waals surface area (Å²) in [6.07, 6.45) is 3.35. The highest BCUT2D eigenvalue weighted by Crippen LogP contribution is 2.16. The van der Waals surface area contributed by atoms with Gasteiger partial charge in [0, 0.05) is 49.7 Å². The predicted molar refractivity (Wildman–Crippen MR) is 97.1 cm³/mol. The van der Waals surface area contributed by atoms with Crippen LogP contribution in [0.4, 0.5) is 0 Å². The number of hydrogen-bond acceptors (Lipinski definition) is 4. The van der Waals surface area contributed by atoms with Crippen molar-refractivity contribution in [2.75, 3.05) is 20.1 Å². The van der Waals surface area contributed by atoms with Gasteiger partial charge in [0.2, 0.25) is 5.91 Å². The van der Waals surface area contributed by atoms with E-state index in [1.165, 1.54) is 5.69 Å². The highest BCUT2D eigenvalue weighted by molar-refractivity contribution is 7.10. The zero-order chi connectivity index (χ0) is 17.1. The molecular formula is C18H26N4OS. The van der Waals surface area contributed by atoms with Gasteiger partial charge in [0.25, 0.3) is 0 Å². The molecule has 0 N–H and O–H groups in total. The molecule has 1 aliphatic heterocycles. The van der Waals surface area contributed by atoms with E-state index in [1.807, 2.05) is 28.6 Å². The van der Waals surface area contributed by atoms with Crippen LogP contribution in [0.2, 0.25) is 0 Å². The topological polar surface area (TPSA) is 41.4 Å². The van der Waals surface area contributed by atoms with Crippen molar-refractivity contribution in [3.05, 3.63) is 40.1 Å². The van der Waals surface area contributed by atoms with Crippen LogP contribution in [-0.2, 0) is 30.7 Å². The molecule has 1 amide bonds. The van der Waals surface area contributed by atoms with Gasteiger partial charge in [-0.2, -0.15) is 0 Å². The molecule has 2 aromatic heterocycles. The smallest absolute Gasteiger partial charge is 0.227 e. The van der Waals surface area contributed by atoms with E-state index >= 15 is 0 Å². The molecule has 0 radical (unpaired) electrons. The third-order valence-corrected chi connectivity index (χ3v) is 5.65. The van der Waals surface area contributed by atoms with E-state index in [-0.39, 0.29) is 5.91 Å². The Hall–Kier alpha value is -1.66. The lowest BCUT2D eigenvalue weighted by Gasteiger charge is -2.22. The van der Waals surface area contributed by atoms with Gasteiger partial charge in [-0.1, -0.05) is 6.07 Å². The van der Waals surface area contributed by atoms with Crippen molar-refractivity contribution in [2.45, 2.75) is 45.8 Å². The van der Waals surface area contributed by atoms with Gasteiger partial charge < -0.3 is 9.47 Å². The van der Waals surface area contributed by atoms with E-state index in [4.69, 9.17) is 0 Å². The molecule has 130 valence electrons. The van der Waals surface area contributed by atoms with E-state index in [9.17, 15) is 4.79 Å². The maximum absolute atomic E-state index is 12.5. The zero-order valence-electron chi connectivity index (χ0n) is 14.7. The fourth-order valence-corrected chi connectivity index (χ4v) is 3.68. The second-order valence-corrected chi connectivity index (χ2v) is 7.75. The van der Waals surface area contributed by atoms with Crippen LogP contribution in [-0.4, -0.2) is 51.4 Å². The average molecular weight is 347 g/mol. The van der Waals surface area contributed by atoms with E-state index in [2.05, 4.69) is 35.3 Å². The minimum absolute atomic E-state index is 0.226. The molecule has 0 aliphatic carbocycles. The first kappa shape index (κ1) is 17.2. The molecule has 0 atom stereocenters. The van der Waals surface area contributed by atoms with Crippen LogP contribution < -0.4 is 0 Å². The molecule has 3 rings (SSSR count). The molecule has 0 aromatic carbocycles. The molecule has 0 spiro atoms. The fraction of sp³-hybridized carbons (Fsp3) is 0.556. The number of rotatable bonds is 5. The monoisotopic (exact) mass is 346 g/mol. The summed E-state index contributed by atoms with van der Waals surface area (Å²) in [7, 11) is 2.14. The summed E-state index contributed by atoms with van der Waals surface area (Å²) in [4.78, 5) is 22.6. The number of fused-ring (bicyclic) bond motifs is 1. The summed E-state index contributed by atoms with van der Waals surface area (Å²) in [6, 6.07) is 4.54. The Morgan fingerprint density at radius 3 is 2.92 bits per heavy atom. The van der Waals surface area contributed by atoms with Crippen LogP contribution in [0.5, 0.6) is 0 Å². The number of carbonyl (C=O) groups excluding carboxylic acids is 1. The number of aromatic nitrogens is 2. The first-order valence-corrected chi connectivity index (χ1v) is 9.46. The fourth-order valence-electron chi connectivity index (χ4n) is 2.98. The Morgan fingerprint density at radius 1 is 1.38 bits per heavy atom. The predicted octanol–water partition coefficient (Wildman–Crippen LogP) is 2.41. The lowest BCUT2D eigenvalue weighted by molar-refractivity contribution is -0.130. The van der Waals surface area contributed by atoms with E-state index < -0.39 is 0 Å². The third kappa shape index (κ3) is 3.87. The lowest BCUT2D eigenvalue weighted by Crippen LogP contribution is -2.34. The van der Waals surface area contributed by atoms with Gasteiger partial charge in [0.05, 0.1) is 12.1 Å².